The minimum absolute atomic E-state index is 0.158. The minimum atomic E-state index is -0.554. The number of hydrogen-bond acceptors (Lipinski definition) is 3. The molecule has 0 saturated carbocycles. The van der Waals surface area contributed by atoms with E-state index in [9.17, 15) is 4.79 Å². The smallest absolute Gasteiger partial charge is 0.261 e. The van der Waals surface area contributed by atoms with Gasteiger partial charge in [-0.1, -0.05) is 50.1 Å². The molecule has 0 spiro atoms. The third-order valence-corrected chi connectivity index (χ3v) is 4.10. The summed E-state index contributed by atoms with van der Waals surface area (Å²) in [7, 11) is 0. The predicted molar refractivity (Wildman–Crippen MR) is 105 cm³/mol. The lowest BCUT2D eigenvalue weighted by Crippen LogP contribution is -2.39. The maximum atomic E-state index is 12.3. The highest BCUT2D eigenvalue weighted by molar-refractivity contribution is 6.30. The molecule has 5 heteroatoms. The van der Waals surface area contributed by atoms with Crippen LogP contribution < -0.4 is 14.8 Å². The van der Waals surface area contributed by atoms with Crippen LogP contribution in [0.5, 0.6) is 11.5 Å². The number of amides is 1. The van der Waals surface area contributed by atoms with Crippen molar-refractivity contribution < 1.29 is 14.3 Å². The normalized spacial score (nSPS) is 11.7. The highest BCUT2D eigenvalue weighted by Crippen LogP contribution is 2.19. The predicted octanol–water partition coefficient (Wildman–Crippen LogP) is 4.65. The first-order chi connectivity index (χ1) is 12.6. The number of carbonyl (C=O) groups is 1. The average Bonchev–Trinajstić information content (AvgIpc) is 2.64. The number of aryl methyl sites for hydroxylation is 1. The van der Waals surface area contributed by atoms with Crippen LogP contribution >= 0.6 is 11.6 Å². The molecule has 0 aliphatic rings. The molecule has 26 heavy (non-hydrogen) atoms. The van der Waals surface area contributed by atoms with Gasteiger partial charge < -0.3 is 14.8 Å². The second-order valence-electron chi connectivity index (χ2n) is 6.01. The third kappa shape index (κ3) is 6.60. The summed E-state index contributed by atoms with van der Waals surface area (Å²) in [4.78, 5) is 12.3. The molecule has 140 valence electrons. The van der Waals surface area contributed by atoms with Crippen LogP contribution in [-0.4, -0.2) is 25.2 Å². The Kier molecular flexibility index (Phi) is 8.29. The van der Waals surface area contributed by atoms with Gasteiger partial charge in [0.15, 0.2) is 6.10 Å². The van der Waals surface area contributed by atoms with Crippen molar-refractivity contribution in [3.8, 4) is 11.5 Å². The molecule has 0 aromatic heterocycles. The Labute approximate surface area is 160 Å². The molecule has 1 N–H and O–H groups in total. The molecule has 0 unspecified atom stereocenters. The molecule has 0 aliphatic heterocycles. The van der Waals surface area contributed by atoms with E-state index in [0.29, 0.717) is 30.3 Å². The van der Waals surface area contributed by atoms with E-state index in [1.807, 2.05) is 19.1 Å². The molecule has 1 amide bonds. The van der Waals surface area contributed by atoms with Crippen molar-refractivity contribution in [3.05, 3.63) is 59.1 Å². The zero-order valence-electron chi connectivity index (χ0n) is 15.3. The van der Waals surface area contributed by atoms with E-state index in [1.54, 1.807) is 24.3 Å². The number of rotatable bonds is 10. The van der Waals surface area contributed by atoms with Gasteiger partial charge in [-0.05, 0) is 48.7 Å². The largest absolute Gasteiger partial charge is 0.492 e. The van der Waals surface area contributed by atoms with Crippen molar-refractivity contribution in [2.24, 2.45) is 0 Å². The van der Waals surface area contributed by atoms with Crippen LogP contribution in [0.25, 0.3) is 0 Å². The van der Waals surface area contributed by atoms with Crippen LogP contribution in [0.4, 0.5) is 0 Å². The summed E-state index contributed by atoms with van der Waals surface area (Å²) in [6.07, 6.45) is 2.21. The van der Waals surface area contributed by atoms with Gasteiger partial charge in [0.2, 0.25) is 0 Å². The molecule has 4 nitrogen and oxygen atoms in total. The van der Waals surface area contributed by atoms with Crippen LogP contribution in [0.1, 0.15) is 32.3 Å². The first-order valence-corrected chi connectivity index (χ1v) is 9.41. The Hall–Kier alpha value is -2.20. The number of ether oxygens (including phenoxy) is 2. The summed E-state index contributed by atoms with van der Waals surface area (Å²) in [5.74, 6) is 1.23. The summed E-state index contributed by atoms with van der Waals surface area (Å²) < 4.78 is 11.4. The number of hydrogen-bond donors (Lipinski definition) is 1. The van der Waals surface area contributed by atoms with Gasteiger partial charge >= 0.3 is 0 Å². The van der Waals surface area contributed by atoms with Crippen molar-refractivity contribution in [1.29, 1.82) is 0 Å². The molecule has 0 saturated heterocycles. The summed E-state index contributed by atoms with van der Waals surface area (Å²) in [6.45, 7) is 4.90. The van der Waals surface area contributed by atoms with Gasteiger partial charge in [0.25, 0.3) is 5.91 Å². The van der Waals surface area contributed by atoms with Crippen LogP contribution in [-0.2, 0) is 11.2 Å². The maximum absolute atomic E-state index is 12.3. The Morgan fingerprint density at radius 3 is 2.54 bits per heavy atom. The van der Waals surface area contributed by atoms with Crippen molar-refractivity contribution >= 4 is 17.5 Å². The fraction of sp³-hybridized carbons (Fsp3) is 0.381. The standard InChI is InChI=1S/C21H26ClNO3/c1-3-6-16-9-11-18(12-10-16)25-14-13-23-21(24)20(4-2)26-19-8-5-7-17(22)15-19/h5,7-12,15,20H,3-4,6,13-14H2,1-2H3,(H,23,24)/t20-/m0/s1. The quantitative estimate of drug-likeness (QED) is 0.615. The molecular weight excluding hydrogens is 350 g/mol. The van der Waals surface area contributed by atoms with Crippen molar-refractivity contribution in [3.63, 3.8) is 0 Å². The topological polar surface area (TPSA) is 47.6 Å². The minimum Gasteiger partial charge on any atom is -0.492 e. The molecule has 0 bridgehead atoms. The van der Waals surface area contributed by atoms with E-state index in [0.717, 1.165) is 18.6 Å². The highest BCUT2D eigenvalue weighted by Gasteiger charge is 2.17. The summed E-state index contributed by atoms with van der Waals surface area (Å²) in [5.41, 5.74) is 1.30. The molecule has 2 rings (SSSR count). The maximum Gasteiger partial charge on any atom is 0.261 e. The van der Waals surface area contributed by atoms with Crippen molar-refractivity contribution in [2.45, 2.75) is 39.2 Å². The first kappa shape index (κ1) is 20.1. The summed E-state index contributed by atoms with van der Waals surface area (Å²) in [6, 6.07) is 15.1. The van der Waals surface area contributed by atoms with Gasteiger partial charge in [-0.3, -0.25) is 4.79 Å². The molecule has 0 fully saturated rings. The van der Waals surface area contributed by atoms with Gasteiger partial charge in [-0.25, -0.2) is 0 Å². The molecule has 2 aromatic carbocycles. The average molecular weight is 376 g/mol. The van der Waals surface area contributed by atoms with Gasteiger partial charge in [0.1, 0.15) is 18.1 Å². The lowest BCUT2D eigenvalue weighted by atomic mass is 10.1. The zero-order chi connectivity index (χ0) is 18.8. The summed E-state index contributed by atoms with van der Waals surface area (Å²) in [5, 5.41) is 3.43. The molecule has 2 aromatic rings. The monoisotopic (exact) mass is 375 g/mol. The Bertz CT molecular complexity index is 688. The van der Waals surface area contributed by atoms with E-state index in [4.69, 9.17) is 21.1 Å². The lowest BCUT2D eigenvalue weighted by Gasteiger charge is -2.17. The Balaban J connectivity index is 1.74. The van der Waals surface area contributed by atoms with Crippen LogP contribution in [0.2, 0.25) is 5.02 Å². The molecule has 0 aliphatic carbocycles. The Morgan fingerprint density at radius 2 is 1.88 bits per heavy atom. The van der Waals surface area contributed by atoms with Crippen molar-refractivity contribution in [2.75, 3.05) is 13.2 Å². The SMILES string of the molecule is CCCc1ccc(OCCNC(=O)[C@H](CC)Oc2cccc(Cl)c2)cc1. The third-order valence-electron chi connectivity index (χ3n) is 3.87. The fourth-order valence-corrected chi connectivity index (χ4v) is 2.71. The van der Waals surface area contributed by atoms with E-state index in [-0.39, 0.29) is 5.91 Å². The first-order valence-electron chi connectivity index (χ1n) is 9.04. The van der Waals surface area contributed by atoms with Crippen LogP contribution in [0, 0.1) is 0 Å². The molecule has 0 heterocycles. The fourth-order valence-electron chi connectivity index (χ4n) is 2.52. The Morgan fingerprint density at radius 1 is 1.12 bits per heavy atom. The number of benzene rings is 2. The van der Waals surface area contributed by atoms with E-state index in [2.05, 4.69) is 24.4 Å². The van der Waals surface area contributed by atoms with Gasteiger partial charge in [-0.15, -0.1) is 0 Å². The molecule has 0 radical (unpaired) electrons. The van der Waals surface area contributed by atoms with Gasteiger partial charge in [0, 0.05) is 5.02 Å². The number of carbonyl (C=O) groups excluding carboxylic acids is 1. The van der Waals surface area contributed by atoms with E-state index in [1.165, 1.54) is 5.56 Å². The summed E-state index contributed by atoms with van der Waals surface area (Å²) >= 11 is 5.94. The van der Waals surface area contributed by atoms with Gasteiger partial charge in [0.05, 0.1) is 6.54 Å². The second-order valence-corrected chi connectivity index (χ2v) is 6.44. The van der Waals surface area contributed by atoms with Gasteiger partial charge in [-0.2, -0.15) is 0 Å². The molecular formula is C21H26ClNO3. The zero-order valence-corrected chi connectivity index (χ0v) is 16.1. The number of halogens is 1. The van der Waals surface area contributed by atoms with E-state index >= 15 is 0 Å². The van der Waals surface area contributed by atoms with Crippen LogP contribution in [0.3, 0.4) is 0 Å². The van der Waals surface area contributed by atoms with E-state index < -0.39 is 6.10 Å². The lowest BCUT2D eigenvalue weighted by molar-refractivity contribution is -0.128. The highest BCUT2D eigenvalue weighted by atomic mass is 35.5. The van der Waals surface area contributed by atoms with Crippen LogP contribution in [0.15, 0.2) is 48.5 Å². The van der Waals surface area contributed by atoms with Crippen molar-refractivity contribution in [1.82, 2.24) is 5.32 Å². The second kappa shape index (κ2) is 10.7. The molecule has 1 atom stereocenters. The number of nitrogens with one attached hydrogen (secondary N) is 1.